The fourth-order valence-corrected chi connectivity index (χ4v) is 1.96. The third kappa shape index (κ3) is 3.90. The van der Waals surface area contributed by atoms with Crippen molar-refractivity contribution >= 4 is 11.9 Å². The van der Waals surface area contributed by atoms with Crippen molar-refractivity contribution in [2.24, 2.45) is 11.8 Å². The summed E-state index contributed by atoms with van der Waals surface area (Å²) in [7, 11) is 0. The monoisotopic (exact) mass is 299 g/mol. The summed E-state index contributed by atoms with van der Waals surface area (Å²) in [5.41, 5.74) is 0. The predicted octanol–water partition coefficient (Wildman–Crippen LogP) is 1.57. The van der Waals surface area contributed by atoms with Crippen LogP contribution >= 0.6 is 0 Å². The largest absolute Gasteiger partial charge is 0.488 e. The molecule has 0 radical (unpaired) electrons. The summed E-state index contributed by atoms with van der Waals surface area (Å²) in [6.07, 6.45) is 0.335. The minimum absolute atomic E-state index is 0.00124. The second kappa shape index (κ2) is 6.07. The second-order valence-electron chi connectivity index (χ2n) is 5.08. The van der Waals surface area contributed by atoms with Crippen LogP contribution < -0.4 is 10.1 Å². The van der Waals surface area contributed by atoms with Crippen LogP contribution in [0.2, 0.25) is 0 Å². The molecule has 0 unspecified atom stereocenters. The maximum Gasteiger partial charge on any atom is 0.307 e. The Labute approximate surface area is 119 Å². The molecule has 1 saturated carbocycles. The van der Waals surface area contributed by atoms with E-state index in [1.807, 2.05) is 0 Å². The van der Waals surface area contributed by atoms with Gasteiger partial charge in [0.25, 0.3) is 0 Å². The van der Waals surface area contributed by atoms with Crippen molar-refractivity contribution in [2.45, 2.75) is 19.4 Å². The number of carboxylic acid groups (broad SMARTS) is 1. The number of amides is 1. The summed E-state index contributed by atoms with van der Waals surface area (Å²) in [6.45, 7) is 1.65. The number of hydrogen-bond donors (Lipinski definition) is 2. The van der Waals surface area contributed by atoms with E-state index in [4.69, 9.17) is 9.84 Å². The van der Waals surface area contributed by atoms with Crippen LogP contribution in [0, 0.1) is 23.5 Å². The molecule has 1 fully saturated rings. The molecule has 1 aromatic rings. The third-order valence-electron chi connectivity index (χ3n) is 3.22. The van der Waals surface area contributed by atoms with E-state index in [1.165, 1.54) is 6.07 Å². The maximum absolute atomic E-state index is 13.3. The zero-order valence-corrected chi connectivity index (χ0v) is 11.3. The van der Waals surface area contributed by atoms with Crippen molar-refractivity contribution < 1.29 is 28.2 Å². The number of carboxylic acids is 1. The Morgan fingerprint density at radius 1 is 1.43 bits per heavy atom. The molecule has 1 aliphatic rings. The highest BCUT2D eigenvalue weighted by Crippen LogP contribution is 2.38. The highest BCUT2D eigenvalue weighted by Gasteiger charge is 2.48. The lowest BCUT2D eigenvalue weighted by Gasteiger charge is -2.15. The van der Waals surface area contributed by atoms with Gasteiger partial charge in [-0.05, 0) is 25.5 Å². The highest BCUT2D eigenvalue weighted by atomic mass is 19.1. The SMILES string of the molecule is C[C@H](COc1ccc(F)cc1F)NC(=O)[C@@H]1C[C@@H]1C(=O)O. The van der Waals surface area contributed by atoms with Gasteiger partial charge in [0.1, 0.15) is 12.4 Å². The lowest BCUT2D eigenvalue weighted by atomic mass is 10.2. The van der Waals surface area contributed by atoms with Gasteiger partial charge < -0.3 is 15.2 Å². The number of halogens is 2. The first-order valence-electron chi connectivity index (χ1n) is 6.49. The van der Waals surface area contributed by atoms with Gasteiger partial charge in [0, 0.05) is 6.07 Å². The molecule has 2 rings (SSSR count). The molecule has 21 heavy (non-hydrogen) atoms. The first kappa shape index (κ1) is 15.2. The third-order valence-corrected chi connectivity index (χ3v) is 3.22. The molecule has 5 nitrogen and oxygen atoms in total. The molecule has 0 aromatic heterocycles. The van der Waals surface area contributed by atoms with Crippen molar-refractivity contribution in [1.29, 1.82) is 0 Å². The number of carbonyl (C=O) groups is 2. The van der Waals surface area contributed by atoms with Gasteiger partial charge in [-0.25, -0.2) is 8.78 Å². The maximum atomic E-state index is 13.3. The van der Waals surface area contributed by atoms with E-state index in [-0.39, 0.29) is 18.3 Å². The average Bonchev–Trinajstić information content (AvgIpc) is 3.18. The van der Waals surface area contributed by atoms with E-state index in [0.29, 0.717) is 12.5 Å². The Morgan fingerprint density at radius 3 is 2.71 bits per heavy atom. The van der Waals surface area contributed by atoms with Crippen LogP contribution in [0.3, 0.4) is 0 Å². The van der Waals surface area contributed by atoms with Crippen LogP contribution in [-0.4, -0.2) is 29.6 Å². The van der Waals surface area contributed by atoms with Crippen LogP contribution in [0.25, 0.3) is 0 Å². The van der Waals surface area contributed by atoms with Gasteiger partial charge in [-0.15, -0.1) is 0 Å². The molecular formula is C14H15F2NO4. The van der Waals surface area contributed by atoms with E-state index in [2.05, 4.69) is 5.32 Å². The summed E-state index contributed by atoms with van der Waals surface area (Å²) in [5.74, 6) is -4.07. The summed E-state index contributed by atoms with van der Waals surface area (Å²) < 4.78 is 31.2. The summed E-state index contributed by atoms with van der Waals surface area (Å²) in [4.78, 5) is 22.4. The molecule has 114 valence electrons. The quantitative estimate of drug-likeness (QED) is 0.836. The number of aliphatic carboxylic acids is 1. The van der Waals surface area contributed by atoms with Crippen molar-refractivity contribution in [3.05, 3.63) is 29.8 Å². The smallest absolute Gasteiger partial charge is 0.307 e. The van der Waals surface area contributed by atoms with E-state index >= 15 is 0 Å². The van der Waals surface area contributed by atoms with E-state index in [1.54, 1.807) is 6.92 Å². The number of hydrogen-bond acceptors (Lipinski definition) is 3. The van der Waals surface area contributed by atoms with Crippen LogP contribution in [0.15, 0.2) is 18.2 Å². The second-order valence-corrected chi connectivity index (χ2v) is 5.08. The van der Waals surface area contributed by atoms with Crippen molar-refractivity contribution in [3.63, 3.8) is 0 Å². The lowest BCUT2D eigenvalue weighted by Crippen LogP contribution is -2.38. The minimum Gasteiger partial charge on any atom is -0.488 e. The number of nitrogens with one attached hydrogen (secondary N) is 1. The number of ether oxygens (including phenoxy) is 1. The van der Waals surface area contributed by atoms with Gasteiger partial charge in [0.15, 0.2) is 11.6 Å². The average molecular weight is 299 g/mol. The van der Waals surface area contributed by atoms with Crippen LogP contribution in [0.1, 0.15) is 13.3 Å². The first-order chi connectivity index (χ1) is 9.88. The molecule has 0 spiro atoms. The molecule has 7 heteroatoms. The Bertz CT molecular complexity index is 564. The van der Waals surface area contributed by atoms with Crippen molar-refractivity contribution in [1.82, 2.24) is 5.32 Å². The number of rotatable bonds is 6. The molecule has 0 saturated heterocycles. The van der Waals surface area contributed by atoms with E-state index in [9.17, 15) is 18.4 Å². The zero-order chi connectivity index (χ0) is 15.6. The predicted molar refractivity (Wildman–Crippen MR) is 68.7 cm³/mol. The Kier molecular flexibility index (Phi) is 4.40. The van der Waals surface area contributed by atoms with E-state index < -0.39 is 35.5 Å². The van der Waals surface area contributed by atoms with Crippen molar-refractivity contribution in [3.8, 4) is 5.75 Å². The Morgan fingerprint density at radius 2 is 2.14 bits per heavy atom. The molecule has 1 aromatic carbocycles. The molecule has 0 aliphatic heterocycles. The molecule has 1 aliphatic carbocycles. The molecule has 1 amide bonds. The van der Waals surface area contributed by atoms with Gasteiger partial charge in [-0.3, -0.25) is 9.59 Å². The summed E-state index contributed by atoms with van der Waals surface area (Å²) >= 11 is 0. The fourth-order valence-electron chi connectivity index (χ4n) is 1.96. The van der Waals surface area contributed by atoms with Gasteiger partial charge in [-0.1, -0.05) is 0 Å². The first-order valence-corrected chi connectivity index (χ1v) is 6.49. The van der Waals surface area contributed by atoms with Crippen LogP contribution in [0.5, 0.6) is 5.75 Å². The minimum atomic E-state index is -0.979. The highest BCUT2D eigenvalue weighted by molar-refractivity contribution is 5.89. The Hall–Kier alpha value is -2.18. The standard InChI is InChI=1S/C14H15F2NO4/c1-7(17-13(18)9-5-10(9)14(19)20)6-21-12-3-2-8(15)4-11(12)16/h2-4,7,9-10H,5-6H2,1H3,(H,17,18)(H,19,20)/t7-,9-,10+/m1/s1. The normalized spacial score (nSPS) is 21.5. The molecular weight excluding hydrogens is 284 g/mol. The van der Waals surface area contributed by atoms with Gasteiger partial charge in [0.05, 0.1) is 17.9 Å². The zero-order valence-electron chi connectivity index (χ0n) is 11.3. The topological polar surface area (TPSA) is 75.6 Å². The molecule has 3 atom stereocenters. The van der Waals surface area contributed by atoms with Crippen LogP contribution in [-0.2, 0) is 9.59 Å². The molecule has 2 N–H and O–H groups in total. The summed E-state index contributed by atoms with van der Waals surface area (Å²) in [6, 6.07) is 2.53. The summed E-state index contributed by atoms with van der Waals surface area (Å²) in [5, 5.41) is 11.3. The fraction of sp³-hybridized carbons (Fsp3) is 0.429. The number of benzene rings is 1. The van der Waals surface area contributed by atoms with E-state index in [0.717, 1.165) is 6.07 Å². The molecule has 0 bridgehead atoms. The van der Waals surface area contributed by atoms with Gasteiger partial charge in [-0.2, -0.15) is 0 Å². The number of carbonyl (C=O) groups excluding carboxylic acids is 1. The van der Waals surface area contributed by atoms with Crippen LogP contribution in [0.4, 0.5) is 8.78 Å². The Balaban J connectivity index is 1.78. The van der Waals surface area contributed by atoms with Crippen molar-refractivity contribution in [2.75, 3.05) is 6.61 Å². The lowest BCUT2D eigenvalue weighted by molar-refractivity contribution is -0.140. The van der Waals surface area contributed by atoms with Gasteiger partial charge in [0.2, 0.25) is 5.91 Å². The van der Waals surface area contributed by atoms with Gasteiger partial charge >= 0.3 is 5.97 Å². The molecule has 0 heterocycles.